The summed E-state index contributed by atoms with van der Waals surface area (Å²) in [6.45, 7) is 1.74. The van der Waals surface area contributed by atoms with Crippen LogP contribution < -0.4 is 10.5 Å². The van der Waals surface area contributed by atoms with E-state index in [9.17, 15) is 8.42 Å². The molecule has 2 aromatic rings. The average Bonchev–Trinajstić information content (AvgIpc) is 2.41. The fraction of sp³-hybridized carbons (Fsp3) is 0.154. The van der Waals surface area contributed by atoms with Crippen molar-refractivity contribution in [3.63, 3.8) is 0 Å². The standard InChI is InChI=1S/C13H13BrClN3O2S/c1-8(9-2-4-11(15)5-3-9)18-21(19,20)12-6-10(14)7-17-13(12)16/h2-8,18H,1H3,(H2,16,17). The molecule has 1 heterocycles. The Hall–Kier alpha value is -1.15. The lowest BCUT2D eigenvalue weighted by molar-refractivity contribution is 0.567. The van der Waals surface area contributed by atoms with Gasteiger partial charge >= 0.3 is 0 Å². The summed E-state index contributed by atoms with van der Waals surface area (Å²) in [6, 6.07) is 7.92. The zero-order valence-corrected chi connectivity index (χ0v) is 14.2. The van der Waals surface area contributed by atoms with Crippen LogP contribution in [-0.2, 0) is 10.0 Å². The van der Waals surface area contributed by atoms with E-state index in [1.54, 1.807) is 31.2 Å². The van der Waals surface area contributed by atoms with E-state index in [0.29, 0.717) is 9.50 Å². The molecule has 5 nitrogen and oxygen atoms in total. The first-order chi connectivity index (χ1) is 9.79. The molecule has 1 atom stereocenters. The Morgan fingerprint density at radius 2 is 1.95 bits per heavy atom. The summed E-state index contributed by atoms with van der Waals surface area (Å²) in [4.78, 5) is 3.77. The summed E-state index contributed by atoms with van der Waals surface area (Å²) in [5.41, 5.74) is 6.44. The van der Waals surface area contributed by atoms with Gasteiger partial charge in [0.1, 0.15) is 10.7 Å². The molecular formula is C13H13BrClN3O2S. The molecule has 1 aromatic heterocycles. The molecule has 8 heteroatoms. The zero-order chi connectivity index (χ0) is 15.6. The van der Waals surface area contributed by atoms with E-state index < -0.39 is 16.1 Å². The number of rotatable bonds is 4. The van der Waals surface area contributed by atoms with Crippen LogP contribution in [0, 0.1) is 0 Å². The third kappa shape index (κ3) is 3.94. The van der Waals surface area contributed by atoms with Gasteiger partial charge in [0.05, 0.1) is 0 Å². The number of aromatic nitrogens is 1. The summed E-state index contributed by atoms with van der Waals surface area (Å²) in [7, 11) is -3.77. The largest absolute Gasteiger partial charge is 0.383 e. The number of nitrogens with zero attached hydrogens (tertiary/aromatic N) is 1. The molecule has 0 bridgehead atoms. The molecule has 0 spiro atoms. The first-order valence-electron chi connectivity index (χ1n) is 5.98. The summed E-state index contributed by atoms with van der Waals surface area (Å²) in [5, 5.41) is 0.592. The highest BCUT2D eigenvalue weighted by atomic mass is 79.9. The summed E-state index contributed by atoms with van der Waals surface area (Å²) in [6.07, 6.45) is 1.44. The van der Waals surface area contributed by atoms with E-state index in [0.717, 1.165) is 5.56 Å². The molecule has 112 valence electrons. The summed E-state index contributed by atoms with van der Waals surface area (Å²) >= 11 is 9.00. The van der Waals surface area contributed by atoms with Crippen LogP contribution in [0.3, 0.4) is 0 Å². The third-order valence-electron chi connectivity index (χ3n) is 2.84. The number of nitrogens with two attached hydrogens (primary N) is 1. The van der Waals surface area contributed by atoms with Crippen molar-refractivity contribution in [1.29, 1.82) is 0 Å². The van der Waals surface area contributed by atoms with Crippen LogP contribution in [0.4, 0.5) is 5.82 Å². The quantitative estimate of drug-likeness (QED) is 0.840. The van der Waals surface area contributed by atoms with E-state index in [4.69, 9.17) is 17.3 Å². The highest BCUT2D eigenvalue weighted by molar-refractivity contribution is 9.10. The van der Waals surface area contributed by atoms with Crippen molar-refractivity contribution in [1.82, 2.24) is 9.71 Å². The second-order valence-electron chi connectivity index (χ2n) is 4.43. The van der Waals surface area contributed by atoms with Crippen LogP contribution in [0.1, 0.15) is 18.5 Å². The topological polar surface area (TPSA) is 85.1 Å². The van der Waals surface area contributed by atoms with Crippen molar-refractivity contribution < 1.29 is 8.42 Å². The van der Waals surface area contributed by atoms with Gasteiger partial charge in [-0.05, 0) is 46.6 Å². The molecule has 0 aliphatic heterocycles. The Kier molecular flexibility index (Phi) is 4.88. The number of anilines is 1. The predicted octanol–water partition coefficient (Wildman–Crippen LogP) is 3.12. The lowest BCUT2D eigenvalue weighted by Gasteiger charge is -2.15. The van der Waals surface area contributed by atoms with Crippen LogP contribution in [0.2, 0.25) is 5.02 Å². The van der Waals surface area contributed by atoms with Gasteiger partial charge in [-0.25, -0.2) is 18.1 Å². The fourth-order valence-corrected chi connectivity index (χ4v) is 3.71. The van der Waals surface area contributed by atoms with Gasteiger partial charge in [0, 0.05) is 21.7 Å². The van der Waals surface area contributed by atoms with E-state index in [1.807, 2.05) is 0 Å². The summed E-state index contributed by atoms with van der Waals surface area (Å²) < 4.78 is 27.9. The molecular weight excluding hydrogens is 378 g/mol. The lowest BCUT2D eigenvalue weighted by atomic mass is 10.1. The van der Waals surface area contributed by atoms with Gasteiger partial charge in [-0.15, -0.1) is 0 Å². The third-order valence-corrected chi connectivity index (χ3v) is 5.10. The number of nitrogens with one attached hydrogen (secondary N) is 1. The molecule has 0 saturated heterocycles. The van der Waals surface area contributed by atoms with Crippen LogP contribution >= 0.6 is 27.5 Å². The predicted molar refractivity (Wildman–Crippen MR) is 86.5 cm³/mol. The van der Waals surface area contributed by atoms with E-state index >= 15 is 0 Å². The van der Waals surface area contributed by atoms with E-state index in [-0.39, 0.29) is 10.7 Å². The van der Waals surface area contributed by atoms with Crippen molar-refractivity contribution >= 4 is 43.4 Å². The molecule has 0 radical (unpaired) electrons. The SMILES string of the molecule is CC(NS(=O)(=O)c1cc(Br)cnc1N)c1ccc(Cl)cc1. The number of benzene rings is 1. The number of hydrogen-bond acceptors (Lipinski definition) is 4. The molecule has 0 aliphatic carbocycles. The molecule has 1 aromatic carbocycles. The molecule has 1 unspecified atom stereocenters. The molecule has 2 rings (SSSR count). The molecule has 3 N–H and O–H groups in total. The number of nitrogen functional groups attached to an aromatic ring is 1. The Bertz CT molecular complexity index is 751. The maximum atomic E-state index is 12.4. The zero-order valence-electron chi connectivity index (χ0n) is 11.0. The lowest BCUT2D eigenvalue weighted by Crippen LogP contribution is -2.27. The molecule has 0 saturated carbocycles. The maximum absolute atomic E-state index is 12.4. The molecule has 0 aliphatic rings. The van der Waals surface area contributed by atoms with Crippen molar-refractivity contribution in [2.45, 2.75) is 17.9 Å². The number of halogens is 2. The fourth-order valence-electron chi connectivity index (χ4n) is 1.76. The van der Waals surface area contributed by atoms with Gasteiger partial charge in [-0.2, -0.15) is 0 Å². The van der Waals surface area contributed by atoms with Crippen molar-refractivity contribution in [3.8, 4) is 0 Å². The average molecular weight is 391 g/mol. The van der Waals surface area contributed by atoms with Crippen LogP contribution in [0.15, 0.2) is 45.9 Å². The Morgan fingerprint density at radius 1 is 1.33 bits per heavy atom. The van der Waals surface area contributed by atoms with Crippen LogP contribution in [0.25, 0.3) is 0 Å². The van der Waals surface area contributed by atoms with E-state index in [1.165, 1.54) is 12.3 Å². The van der Waals surface area contributed by atoms with Gasteiger partial charge < -0.3 is 5.73 Å². The van der Waals surface area contributed by atoms with Crippen molar-refractivity contribution in [2.24, 2.45) is 0 Å². The molecule has 0 amide bonds. The van der Waals surface area contributed by atoms with Crippen LogP contribution in [0.5, 0.6) is 0 Å². The van der Waals surface area contributed by atoms with E-state index in [2.05, 4.69) is 25.6 Å². The smallest absolute Gasteiger partial charge is 0.244 e. The minimum absolute atomic E-state index is 0.0472. The normalized spacial score (nSPS) is 13.1. The highest BCUT2D eigenvalue weighted by Crippen LogP contribution is 2.23. The number of pyridine rings is 1. The Labute approximate surface area is 136 Å². The minimum atomic E-state index is -3.77. The highest BCUT2D eigenvalue weighted by Gasteiger charge is 2.22. The summed E-state index contributed by atoms with van der Waals surface area (Å²) in [5.74, 6) is -0.0472. The molecule has 21 heavy (non-hydrogen) atoms. The van der Waals surface area contributed by atoms with Gasteiger partial charge in [0.2, 0.25) is 10.0 Å². The Balaban J connectivity index is 2.28. The monoisotopic (exact) mass is 389 g/mol. The van der Waals surface area contributed by atoms with Crippen molar-refractivity contribution in [3.05, 3.63) is 51.6 Å². The Morgan fingerprint density at radius 3 is 2.57 bits per heavy atom. The first-order valence-corrected chi connectivity index (χ1v) is 8.64. The minimum Gasteiger partial charge on any atom is -0.383 e. The number of sulfonamides is 1. The van der Waals surface area contributed by atoms with Gasteiger partial charge in [0.25, 0.3) is 0 Å². The van der Waals surface area contributed by atoms with Gasteiger partial charge in [-0.1, -0.05) is 23.7 Å². The van der Waals surface area contributed by atoms with Crippen molar-refractivity contribution in [2.75, 3.05) is 5.73 Å². The van der Waals surface area contributed by atoms with Gasteiger partial charge in [0.15, 0.2) is 0 Å². The number of hydrogen-bond donors (Lipinski definition) is 2. The molecule has 0 fully saturated rings. The first kappa shape index (κ1) is 16.2. The van der Waals surface area contributed by atoms with Crippen LogP contribution in [-0.4, -0.2) is 13.4 Å². The van der Waals surface area contributed by atoms with Gasteiger partial charge in [-0.3, -0.25) is 0 Å². The second kappa shape index (κ2) is 6.31. The maximum Gasteiger partial charge on any atom is 0.244 e. The second-order valence-corrected chi connectivity index (χ2v) is 7.47.